The summed E-state index contributed by atoms with van der Waals surface area (Å²) in [6, 6.07) is 18.9. The van der Waals surface area contributed by atoms with Crippen LogP contribution in [0.5, 0.6) is 0 Å². The lowest BCUT2D eigenvalue weighted by Crippen LogP contribution is -2.35. The van der Waals surface area contributed by atoms with Crippen LogP contribution in [-0.4, -0.2) is 51.4 Å². The van der Waals surface area contributed by atoms with Crippen molar-refractivity contribution in [2.24, 2.45) is 0 Å². The molecule has 49 heavy (non-hydrogen) atoms. The summed E-state index contributed by atoms with van der Waals surface area (Å²) in [6.45, 7) is 3.75. The lowest BCUT2D eigenvalue weighted by atomic mass is 9.92. The fourth-order valence-electron chi connectivity index (χ4n) is 6.54. The molecule has 12 heteroatoms. The Bertz CT molecular complexity index is 2150. The third-order valence-corrected chi connectivity index (χ3v) is 9.67. The maximum atomic E-state index is 15.1. The second-order valence-electron chi connectivity index (χ2n) is 12.5. The molecule has 4 N–H and O–H groups in total. The highest BCUT2D eigenvalue weighted by Crippen LogP contribution is 2.39. The molecule has 0 aliphatic carbocycles. The van der Waals surface area contributed by atoms with Gasteiger partial charge in [0.25, 0.3) is 5.56 Å². The lowest BCUT2D eigenvalue weighted by molar-refractivity contribution is -0.120. The lowest BCUT2D eigenvalue weighted by Gasteiger charge is -2.16. The molecule has 0 saturated carbocycles. The molecule has 10 nitrogen and oxygen atoms in total. The third kappa shape index (κ3) is 6.82. The molecule has 2 atom stereocenters. The number of halogens is 2. The molecule has 0 radical (unpaired) electrons. The van der Waals surface area contributed by atoms with Gasteiger partial charge in [-0.05, 0) is 53.8 Å². The minimum absolute atomic E-state index is 0.00327. The number of hydrogen-bond donors (Lipinski definition) is 4. The number of rotatable bonds is 10. The predicted octanol–water partition coefficient (Wildman–Crippen LogP) is 4.54. The molecule has 3 aromatic heterocycles. The van der Waals surface area contributed by atoms with Gasteiger partial charge in [-0.1, -0.05) is 54.1 Å². The summed E-state index contributed by atoms with van der Waals surface area (Å²) < 4.78 is 16.7. The first-order valence-electron chi connectivity index (χ1n) is 16.3. The average Bonchev–Trinajstić information content (AvgIpc) is 3.72. The fraction of sp³-hybridized carbons (Fsp3) is 0.270. The van der Waals surface area contributed by atoms with Gasteiger partial charge in [0.1, 0.15) is 5.65 Å². The Balaban J connectivity index is 1.11. The first-order valence-corrected chi connectivity index (χ1v) is 16.7. The quantitative estimate of drug-likeness (QED) is 0.160. The van der Waals surface area contributed by atoms with Gasteiger partial charge in [0.05, 0.1) is 16.3 Å². The zero-order chi connectivity index (χ0) is 34.1. The van der Waals surface area contributed by atoms with Gasteiger partial charge in [0.2, 0.25) is 17.8 Å². The Labute approximate surface area is 287 Å². The van der Waals surface area contributed by atoms with E-state index in [1.54, 1.807) is 24.5 Å². The number of hydrogen-bond acceptors (Lipinski definition) is 7. The maximum Gasteiger partial charge on any atom is 0.262 e. The molecule has 0 bridgehead atoms. The monoisotopic (exact) mass is 679 g/mol. The van der Waals surface area contributed by atoms with E-state index in [4.69, 9.17) is 11.6 Å². The van der Waals surface area contributed by atoms with Gasteiger partial charge in [0.15, 0.2) is 0 Å². The number of amides is 2. The highest BCUT2D eigenvalue weighted by atomic mass is 35.5. The topological polar surface area (TPSA) is 130 Å². The number of benzene rings is 2. The van der Waals surface area contributed by atoms with Gasteiger partial charge in [0, 0.05) is 80.2 Å². The van der Waals surface area contributed by atoms with E-state index in [1.165, 1.54) is 4.40 Å². The van der Waals surface area contributed by atoms with Crippen LogP contribution in [0.1, 0.15) is 36.0 Å². The van der Waals surface area contributed by atoms with Crippen LogP contribution in [0.25, 0.3) is 39.2 Å². The third-order valence-electron chi connectivity index (χ3n) is 9.27. The van der Waals surface area contributed by atoms with Crippen LogP contribution in [0.3, 0.4) is 0 Å². The molecule has 5 aromatic rings. The van der Waals surface area contributed by atoms with Crippen molar-refractivity contribution in [2.45, 2.75) is 51.4 Å². The van der Waals surface area contributed by atoms with Crippen molar-refractivity contribution < 1.29 is 14.0 Å². The molecular weight excluding hydrogens is 645 g/mol. The number of aromatic nitrogens is 3. The number of carbonyl (C=O) groups is 2. The average molecular weight is 680 g/mol. The van der Waals surface area contributed by atoms with Crippen LogP contribution >= 0.6 is 11.6 Å². The van der Waals surface area contributed by atoms with Crippen LogP contribution in [0.4, 0.5) is 4.39 Å². The van der Waals surface area contributed by atoms with E-state index in [0.29, 0.717) is 72.1 Å². The normalized spacial score (nSPS) is 17.4. The van der Waals surface area contributed by atoms with Gasteiger partial charge in [-0.3, -0.25) is 18.8 Å². The largest absolute Gasteiger partial charge is 0.354 e. The van der Waals surface area contributed by atoms with Crippen molar-refractivity contribution in [2.75, 3.05) is 13.1 Å². The first kappa shape index (κ1) is 32.6. The van der Waals surface area contributed by atoms with Crippen molar-refractivity contribution in [3.05, 3.63) is 111 Å². The number of fused-ring (bicyclic) bond motifs is 1. The van der Waals surface area contributed by atoms with Crippen molar-refractivity contribution in [3.63, 3.8) is 0 Å². The summed E-state index contributed by atoms with van der Waals surface area (Å²) >= 11 is 7.01. The molecule has 2 fully saturated rings. The highest BCUT2D eigenvalue weighted by Gasteiger charge is 2.22. The number of pyridine rings is 2. The number of carbonyl (C=O) groups excluding carboxylic acids is 2. The second kappa shape index (κ2) is 13.9. The molecule has 7 rings (SSSR count). The second-order valence-corrected chi connectivity index (χ2v) is 12.9. The van der Waals surface area contributed by atoms with Crippen LogP contribution < -0.4 is 26.8 Å². The van der Waals surface area contributed by atoms with Crippen LogP contribution in [0, 0.1) is 12.9 Å². The van der Waals surface area contributed by atoms with E-state index >= 15 is 4.39 Å². The fourth-order valence-corrected chi connectivity index (χ4v) is 6.86. The number of nitrogens with one attached hydrogen (secondary N) is 4. The summed E-state index contributed by atoms with van der Waals surface area (Å²) in [6.07, 6.45) is 5.01. The zero-order valence-electron chi connectivity index (χ0n) is 26.9. The summed E-state index contributed by atoms with van der Waals surface area (Å²) in [7, 11) is 0. The highest BCUT2D eigenvalue weighted by molar-refractivity contribution is 6.36. The van der Waals surface area contributed by atoms with E-state index in [-0.39, 0.29) is 29.5 Å². The van der Waals surface area contributed by atoms with E-state index in [2.05, 4.69) is 31.2 Å². The van der Waals surface area contributed by atoms with Crippen LogP contribution in [0.15, 0.2) is 77.9 Å². The predicted molar refractivity (Wildman–Crippen MR) is 186 cm³/mol. The molecular formula is C37H35ClFN7O3. The van der Waals surface area contributed by atoms with Gasteiger partial charge >= 0.3 is 0 Å². The first-order chi connectivity index (χ1) is 23.7. The smallest absolute Gasteiger partial charge is 0.262 e. The zero-order valence-corrected chi connectivity index (χ0v) is 27.6. The van der Waals surface area contributed by atoms with E-state index in [1.807, 2.05) is 55.5 Å². The minimum atomic E-state index is -0.574. The summed E-state index contributed by atoms with van der Waals surface area (Å²) in [5, 5.41) is 12.6. The Morgan fingerprint density at radius 3 is 2.51 bits per heavy atom. The van der Waals surface area contributed by atoms with Crippen LogP contribution in [-0.2, 0) is 22.7 Å². The van der Waals surface area contributed by atoms with Gasteiger partial charge in [-0.2, -0.15) is 4.39 Å². The molecule has 2 aliphatic rings. The van der Waals surface area contributed by atoms with Crippen molar-refractivity contribution >= 4 is 29.1 Å². The number of nitrogens with zero attached hydrogens (tertiary/aromatic N) is 3. The van der Waals surface area contributed by atoms with Crippen molar-refractivity contribution in [1.29, 1.82) is 0 Å². The Hall–Kier alpha value is -4.97. The summed E-state index contributed by atoms with van der Waals surface area (Å²) in [5.41, 5.74) is 6.89. The molecule has 2 amide bonds. The van der Waals surface area contributed by atoms with Crippen molar-refractivity contribution in [3.8, 4) is 33.5 Å². The Kier molecular flexibility index (Phi) is 9.22. The molecule has 250 valence electrons. The Morgan fingerprint density at radius 1 is 0.959 bits per heavy atom. The molecule has 2 aromatic carbocycles. The van der Waals surface area contributed by atoms with Gasteiger partial charge < -0.3 is 21.3 Å². The van der Waals surface area contributed by atoms with E-state index in [0.717, 1.165) is 34.2 Å². The molecule has 2 saturated heterocycles. The van der Waals surface area contributed by atoms with Crippen LogP contribution in [0.2, 0.25) is 5.02 Å². The molecule has 2 aliphatic heterocycles. The van der Waals surface area contributed by atoms with Gasteiger partial charge in [-0.15, -0.1) is 0 Å². The summed E-state index contributed by atoms with van der Waals surface area (Å²) in [4.78, 5) is 45.0. The standard InChI is InChI=1S/C37H35ClFN7O3/c1-21-27(22-12-13-46-32(14-22)42-18-24(37(46)49)17-41-26-15-34(48)43-20-26)4-2-5-28(21)29-6-3-7-30(35(29)38)31-10-8-23(36(39)45-31)16-40-19-25-9-11-33(47)44-25/h2-8,10,12-14,18,25-26,40-41H,9,11,15-17,19-20H2,1H3,(H,43,48)(H,44,47)/t25-,26?/m0/s1. The van der Waals surface area contributed by atoms with Crippen molar-refractivity contribution in [1.82, 2.24) is 35.6 Å². The Morgan fingerprint density at radius 2 is 1.76 bits per heavy atom. The molecule has 5 heterocycles. The van der Waals surface area contributed by atoms with Gasteiger partial charge in [-0.25, -0.2) is 9.97 Å². The van der Waals surface area contributed by atoms with E-state index in [9.17, 15) is 14.4 Å². The minimum Gasteiger partial charge on any atom is -0.354 e. The SMILES string of the molecule is Cc1c(-c2ccn3c(=O)c(CNC4CNC(=O)C4)cnc3c2)cccc1-c1cccc(-c2ccc(CNC[C@@H]3CCC(=O)N3)c(F)n2)c1Cl. The molecule has 0 spiro atoms. The van der Waals surface area contributed by atoms with E-state index < -0.39 is 5.95 Å². The molecule has 1 unspecified atom stereocenters. The maximum absolute atomic E-state index is 15.1. The summed E-state index contributed by atoms with van der Waals surface area (Å²) in [5.74, 6) is -0.523.